The topological polar surface area (TPSA) is 3.88 Å². The van der Waals surface area contributed by atoms with Crippen LogP contribution in [0.1, 0.15) is 30.5 Å². The molecule has 0 fully saturated rings. The van der Waals surface area contributed by atoms with E-state index in [9.17, 15) is 0 Å². The summed E-state index contributed by atoms with van der Waals surface area (Å²) in [7, 11) is 0. The van der Waals surface area contributed by atoms with Crippen LogP contribution in [0.4, 0.5) is 0 Å². The number of aryl methyl sites for hydroxylation is 1. The lowest BCUT2D eigenvalue weighted by Crippen LogP contribution is -2.39. The third kappa shape index (κ3) is 2.30. The first-order chi connectivity index (χ1) is 7.81. The van der Waals surface area contributed by atoms with Crippen molar-refractivity contribution in [3.63, 3.8) is 0 Å². The van der Waals surface area contributed by atoms with Crippen LogP contribution in [-0.4, -0.2) is 0 Å². The summed E-state index contributed by atoms with van der Waals surface area (Å²) in [6.07, 6.45) is 5.47. The highest BCUT2D eigenvalue weighted by molar-refractivity contribution is 5.17. The minimum absolute atomic E-state index is 0.445. The number of aromatic nitrogens is 1. The van der Waals surface area contributed by atoms with Gasteiger partial charge in [0.15, 0.2) is 18.4 Å². The zero-order valence-corrected chi connectivity index (χ0v) is 9.93. The first-order valence-electron chi connectivity index (χ1n) is 5.83. The summed E-state index contributed by atoms with van der Waals surface area (Å²) in [5.74, 6) is 0. The quantitative estimate of drug-likeness (QED) is 0.687. The van der Waals surface area contributed by atoms with Crippen LogP contribution in [0.3, 0.4) is 0 Å². The van der Waals surface area contributed by atoms with E-state index in [1.54, 1.807) is 0 Å². The Morgan fingerprint density at radius 3 is 2.44 bits per heavy atom. The molecule has 1 nitrogen and oxygen atoms in total. The van der Waals surface area contributed by atoms with Crippen molar-refractivity contribution in [2.45, 2.75) is 26.3 Å². The number of rotatable bonds is 3. The van der Waals surface area contributed by atoms with E-state index in [1.165, 1.54) is 11.1 Å². The summed E-state index contributed by atoms with van der Waals surface area (Å²) < 4.78 is 2.30. The molecular weight excluding hydrogens is 194 g/mol. The summed E-state index contributed by atoms with van der Waals surface area (Å²) >= 11 is 0. The molecule has 1 heterocycles. The normalized spacial score (nSPS) is 12.4. The minimum Gasteiger partial charge on any atom is -0.198 e. The van der Waals surface area contributed by atoms with Gasteiger partial charge in [-0.2, -0.15) is 4.57 Å². The number of hydrogen-bond acceptors (Lipinski definition) is 0. The van der Waals surface area contributed by atoms with Crippen molar-refractivity contribution in [3.05, 3.63) is 66.0 Å². The molecule has 2 rings (SSSR count). The molecule has 1 heteroatoms. The zero-order chi connectivity index (χ0) is 11.4. The Balaban J connectivity index is 2.37. The Kier molecular flexibility index (Phi) is 3.35. The molecular formula is C15H18N+. The molecule has 0 aliphatic heterocycles. The van der Waals surface area contributed by atoms with E-state index in [-0.39, 0.29) is 0 Å². The molecule has 2 aromatic rings. The average Bonchev–Trinajstić information content (AvgIpc) is 2.31. The zero-order valence-electron chi connectivity index (χ0n) is 9.93. The molecule has 1 aromatic carbocycles. The minimum atomic E-state index is 0.445. The predicted molar refractivity (Wildman–Crippen MR) is 66.2 cm³/mol. The van der Waals surface area contributed by atoms with Gasteiger partial charge in [-0.25, -0.2) is 0 Å². The van der Waals surface area contributed by atoms with Gasteiger partial charge in [-0.05, 0) is 13.0 Å². The van der Waals surface area contributed by atoms with Crippen molar-refractivity contribution < 1.29 is 4.57 Å². The van der Waals surface area contributed by atoms with E-state index in [1.807, 2.05) is 0 Å². The molecule has 0 spiro atoms. The van der Waals surface area contributed by atoms with E-state index < -0.39 is 0 Å². The van der Waals surface area contributed by atoms with Gasteiger partial charge in [0.05, 0.1) is 0 Å². The molecule has 0 saturated heterocycles. The van der Waals surface area contributed by atoms with Crippen LogP contribution >= 0.6 is 0 Å². The van der Waals surface area contributed by atoms with Gasteiger partial charge in [0.1, 0.15) is 0 Å². The SMILES string of the molecule is CCC(c1ccccc1)[n+]1cccc(C)c1. The second kappa shape index (κ2) is 4.93. The van der Waals surface area contributed by atoms with Gasteiger partial charge in [-0.15, -0.1) is 0 Å². The number of benzene rings is 1. The molecule has 1 atom stereocenters. The van der Waals surface area contributed by atoms with Crippen LogP contribution in [0.2, 0.25) is 0 Å². The Hall–Kier alpha value is -1.63. The standard InChI is InChI=1S/C15H18N/c1-3-15(14-9-5-4-6-10-14)16-11-7-8-13(2)12-16/h4-12,15H,3H2,1-2H3/q+1. The van der Waals surface area contributed by atoms with Crippen LogP contribution in [-0.2, 0) is 0 Å². The molecule has 0 N–H and O–H groups in total. The number of nitrogens with zero attached hydrogens (tertiary/aromatic N) is 1. The molecule has 0 bridgehead atoms. The summed E-state index contributed by atoms with van der Waals surface area (Å²) in [4.78, 5) is 0. The van der Waals surface area contributed by atoms with Gasteiger partial charge in [0.2, 0.25) is 0 Å². The van der Waals surface area contributed by atoms with Crippen molar-refractivity contribution in [1.82, 2.24) is 0 Å². The highest BCUT2D eigenvalue weighted by atomic mass is 15.0. The number of hydrogen-bond donors (Lipinski definition) is 0. The van der Waals surface area contributed by atoms with E-state index in [2.05, 4.69) is 73.3 Å². The fourth-order valence-corrected chi connectivity index (χ4v) is 2.10. The Morgan fingerprint density at radius 2 is 1.81 bits per heavy atom. The molecule has 0 aliphatic carbocycles. The molecule has 0 radical (unpaired) electrons. The van der Waals surface area contributed by atoms with Crippen LogP contribution in [0.25, 0.3) is 0 Å². The maximum absolute atomic E-state index is 2.30. The maximum Gasteiger partial charge on any atom is 0.183 e. The van der Waals surface area contributed by atoms with Gasteiger partial charge in [-0.1, -0.05) is 37.3 Å². The second-order valence-electron chi connectivity index (χ2n) is 4.16. The van der Waals surface area contributed by atoms with E-state index in [0.29, 0.717) is 6.04 Å². The molecule has 0 saturated carbocycles. The van der Waals surface area contributed by atoms with Crippen molar-refractivity contribution in [3.8, 4) is 0 Å². The van der Waals surface area contributed by atoms with Crippen LogP contribution in [0.5, 0.6) is 0 Å². The van der Waals surface area contributed by atoms with Crippen molar-refractivity contribution >= 4 is 0 Å². The smallest absolute Gasteiger partial charge is 0.183 e. The summed E-state index contributed by atoms with van der Waals surface area (Å²) in [6, 6.07) is 15.4. The molecule has 1 unspecified atom stereocenters. The molecule has 1 aromatic heterocycles. The van der Waals surface area contributed by atoms with Gasteiger partial charge in [-0.3, -0.25) is 0 Å². The van der Waals surface area contributed by atoms with Crippen LogP contribution in [0, 0.1) is 6.92 Å². The summed E-state index contributed by atoms with van der Waals surface area (Å²) in [5.41, 5.74) is 2.68. The second-order valence-corrected chi connectivity index (χ2v) is 4.16. The highest BCUT2D eigenvalue weighted by Crippen LogP contribution is 2.15. The first kappa shape index (κ1) is 10.9. The molecule has 0 amide bonds. The maximum atomic E-state index is 2.30. The fourth-order valence-electron chi connectivity index (χ4n) is 2.10. The van der Waals surface area contributed by atoms with E-state index in [0.717, 1.165) is 6.42 Å². The number of pyridine rings is 1. The average molecular weight is 212 g/mol. The molecule has 82 valence electrons. The molecule has 0 aliphatic rings. The summed E-state index contributed by atoms with van der Waals surface area (Å²) in [6.45, 7) is 4.36. The van der Waals surface area contributed by atoms with E-state index in [4.69, 9.17) is 0 Å². The lowest BCUT2D eigenvalue weighted by atomic mass is 10.0. The van der Waals surface area contributed by atoms with Gasteiger partial charge in [0, 0.05) is 23.6 Å². The van der Waals surface area contributed by atoms with Crippen LogP contribution in [0.15, 0.2) is 54.9 Å². The lowest BCUT2D eigenvalue weighted by Gasteiger charge is -2.10. The Morgan fingerprint density at radius 1 is 1.06 bits per heavy atom. The lowest BCUT2D eigenvalue weighted by molar-refractivity contribution is -0.714. The molecule has 16 heavy (non-hydrogen) atoms. The first-order valence-corrected chi connectivity index (χ1v) is 5.83. The van der Waals surface area contributed by atoms with Crippen molar-refractivity contribution in [2.75, 3.05) is 0 Å². The predicted octanol–water partition coefficient (Wildman–Crippen LogP) is 3.28. The summed E-state index contributed by atoms with van der Waals surface area (Å²) in [5, 5.41) is 0. The van der Waals surface area contributed by atoms with E-state index >= 15 is 0 Å². The Bertz CT molecular complexity index is 448. The highest BCUT2D eigenvalue weighted by Gasteiger charge is 2.17. The van der Waals surface area contributed by atoms with Gasteiger partial charge in [0.25, 0.3) is 0 Å². The van der Waals surface area contributed by atoms with Gasteiger partial charge < -0.3 is 0 Å². The van der Waals surface area contributed by atoms with Crippen molar-refractivity contribution in [2.24, 2.45) is 0 Å². The van der Waals surface area contributed by atoms with Crippen molar-refractivity contribution in [1.29, 1.82) is 0 Å². The third-order valence-electron chi connectivity index (χ3n) is 2.90. The van der Waals surface area contributed by atoms with Crippen LogP contribution < -0.4 is 4.57 Å². The van der Waals surface area contributed by atoms with Gasteiger partial charge >= 0.3 is 0 Å². The largest absolute Gasteiger partial charge is 0.198 e. The monoisotopic (exact) mass is 212 g/mol. The fraction of sp³-hybridized carbons (Fsp3) is 0.267. The Labute approximate surface area is 97.4 Å². The third-order valence-corrected chi connectivity index (χ3v) is 2.90.